The van der Waals surface area contributed by atoms with Crippen molar-refractivity contribution in [3.8, 4) is 0 Å². The Hall–Kier alpha value is -2.21. The van der Waals surface area contributed by atoms with Crippen LogP contribution in [0.15, 0.2) is 35.8 Å². The van der Waals surface area contributed by atoms with Gasteiger partial charge in [-0.05, 0) is 18.2 Å². The summed E-state index contributed by atoms with van der Waals surface area (Å²) in [6.07, 6.45) is 1.56. The topological polar surface area (TPSA) is 70.5 Å². The molecule has 19 heavy (non-hydrogen) atoms. The van der Waals surface area contributed by atoms with Gasteiger partial charge in [0.25, 0.3) is 0 Å². The molecule has 2 heterocycles. The Morgan fingerprint density at radius 2 is 2.21 bits per heavy atom. The molecule has 5 nitrogen and oxygen atoms in total. The van der Waals surface area contributed by atoms with Crippen LogP contribution in [0.3, 0.4) is 0 Å². The predicted molar refractivity (Wildman–Crippen MR) is 72.7 cm³/mol. The van der Waals surface area contributed by atoms with Crippen LogP contribution in [0.4, 0.5) is 11.5 Å². The first-order chi connectivity index (χ1) is 9.08. The van der Waals surface area contributed by atoms with Crippen molar-refractivity contribution in [1.82, 2.24) is 4.98 Å². The zero-order valence-corrected chi connectivity index (χ0v) is 11.1. The highest BCUT2D eigenvalue weighted by atomic mass is 32.1. The minimum absolute atomic E-state index is 0.0430. The van der Waals surface area contributed by atoms with Crippen LogP contribution < -0.4 is 4.90 Å². The lowest BCUT2D eigenvalue weighted by molar-refractivity contribution is -0.136. The minimum atomic E-state index is -0.888. The highest BCUT2D eigenvalue weighted by molar-refractivity contribution is 7.10. The van der Waals surface area contributed by atoms with Crippen LogP contribution in [0.2, 0.25) is 0 Å². The second-order valence-electron chi connectivity index (χ2n) is 3.88. The molecule has 1 amide bonds. The second kappa shape index (κ2) is 5.62. The highest BCUT2D eigenvalue weighted by Crippen LogP contribution is 2.29. The summed E-state index contributed by atoms with van der Waals surface area (Å²) in [5.41, 5.74) is 0.646. The summed E-state index contributed by atoms with van der Waals surface area (Å²) in [5.74, 6) is -0.534. The third kappa shape index (κ3) is 3.17. The molecule has 0 saturated carbocycles. The molecule has 2 rings (SSSR count). The van der Waals surface area contributed by atoms with E-state index >= 15 is 0 Å². The number of hydrogen-bond acceptors (Lipinski definition) is 4. The van der Waals surface area contributed by atoms with Gasteiger partial charge in [-0.1, -0.05) is 6.07 Å². The Morgan fingerprint density at radius 1 is 1.42 bits per heavy atom. The fraction of sp³-hybridized carbons (Fsp3) is 0.154. The lowest BCUT2D eigenvalue weighted by Gasteiger charge is -2.18. The molecule has 0 bridgehead atoms. The number of carboxylic acids is 1. The molecule has 2 aromatic heterocycles. The predicted octanol–water partition coefficient (Wildman–Crippen LogP) is 2.45. The van der Waals surface area contributed by atoms with Crippen molar-refractivity contribution in [2.45, 2.75) is 13.3 Å². The lowest BCUT2D eigenvalue weighted by atomic mass is 10.3. The van der Waals surface area contributed by atoms with Crippen molar-refractivity contribution in [1.29, 1.82) is 0 Å². The number of hydrogen-bond donors (Lipinski definition) is 1. The molecule has 0 atom stereocenters. The summed E-state index contributed by atoms with van der Waals surface area (Å²) in [6, 6.07) is 7.00. The highest BCUT2D eigenvalue weighted by Gasteiger charge is 2.17. The zero-order chi connectivity index (χ0) is 13.8. The van der Waals surface area contributed by atoms with Gasteiger partial charge >= 0.3 is 5.97 Å². The summed E-state index contributed by atoms with van der Waals surface area (Å²) in [6.45, 7) is 1.45. The first-order valence-corrected chi connectivity index (χ1v) is 6.47. The Morgan fingerprint density at radius 3 is 2.79 bits per heavy atom. The zero-order valence-electron chi connectivity index (χ0n) is 10.2. The number of carbonyl (C=O) groups excluding carboxylic acids is 1. The van der Waals surface area contributed by atoms with Gasteiger partial charge in [0.1, 0.15) is 5.82 Å². The average molecular weight is 276 g/mol. The van der Waals surface area contributed by atoms with E-state index in [2.05, 4.69) is 4.98 Å². The van der Waals surface area contributed by atoms with Gasteiger partial charge < -0.3 is 5.11 Å². The van der Waals surface area contributed by atoms with Crippen molar-refractivity contribution in [2.75, 3.05) is 4.90 Å². The van der Waals surface area contributed by atoms with Crippen molar-refractivity contribution >= 4 is 34.7 Å². The molecule has 2 aromatic rings. The smallest absolute Gasteiger partial charge is 0.308 e. The molecule has 1 N–H and O–H groups in total. The van der Waals surface area contributed by atoms with Gasteiger partial charge in [-0.3, -0.25) is 14.5 Å². The van der Waals surface area contributed by atoms with Gasteiger partial charge in [0.05, 0.1) is 12.1 Å². The number of rotatable bonds is 4. The van der Waals surface area contributed by atoms with Crippen LogP contribution in [0.25, 0.3) is 0 Å². The standard InChI is InChI=1S/C13H12N2O3S/c1-9(16)15(12-4-2-3-5-14-12)10-6-11(19-8-10)7-13(17)18/h2-6,8H,7H2,1H3,(H,17,18). The van der Waals surface area contributed by atoms with Crippen LogP contribution in [0, 0.1) is 0 Å². The van der Waals surface area contributed by atoms with Crippen LogP contribution in [-0.4, -0.2) is 22.0 Å². The van der Waals surface area contributed by atoms with E-state index < -0.39 is 5.97 Å². The summed E-state index contributed by atoms with van der Waals surface area (Å²) in [4.78, 5) is 28.7. The summed E-state index contributed by atoms with van der Waals surface area (Å²) in [7, 11) is 0. The number of anilines is 2. The van der Waals surface area contributed by atoms with E-state index in [4.69, 9.17) is 5.11 Å². The van der Waals surface area contributed by atoms with E-state index in [-0.39, 0.29) is 12.3 Å². The number of carbonyl (C=O) groups is 2. The molecular formula is C13H12N2O3S. The molecule has 0 aliphatic heterocycles. The molecule has 0 radical (unpaired) electrons. The number of carboxylic acid groups (broad SMARTS) is 1. The van der Waals surface area contributed by atoms with Gasteiger partial charge in [-0.2, -0.15) is 0 Å². The van der Waals surface area contributed by atoms with Gasteiger partial charge in [-0.15, -0.1) is 11.3 Å². The lowest BCUT2D eigenvalue weighted by Crippen LogP contribution is -2.23. The minimum Gasteiger partial charge on any atom is -0.481 e. The van der Waals surface area contributed by atoms with Crippen molar-refractivity contribution in [3.63, 3.8) is 0 Å². The van der Waals surface area contributed by atoms with Gasteiger partial charge in [0.2, 0.25) is 5.91 Å². The van der Waals surface area contributed by atoms with Crippen molar-refractivity contribution in [3.05, 3.63) is 40.7 Å². The molecular weight excluding hydrogens is 264 g/mol. The molecule has 0 aliphatic carbocycles. The monoisotopic (exact) mass is 276 g/mol. The van der Waals surface area contributed by atoms with E-state index in [1.165, 1.54) is 23.2 Å². The van der Waals surface area contributed by atoms with Gasteiger partial charge in [0, 0.05) is 23.4 Å². The largest absolute Gasteiger partial charge is 0.481 e. The maximum atomic E-state index is 11.8. The second-order valence-corrected chi connectivity index (χ2v) is 4.88. The molecule has 0 saturated heterocycles. The number of pyridine rings is 1. The quantitative estimate of drug-likeness (QED) is 0.931. The molecule has 0 fully saturated rings. The molecule has 6 heteroatoms. The first kappa shape index (κ1) is 13.2. The fourth-order valence-electron chi connectivity index (χ4n) is 1.69. The van der Waals surface area contributed by atoms with Crippen LogP contribution in [-0.2, 0) is 16.0 Å². The van der Waals surface area contributed by atoms with E-state index in [1.54, 1.807) is 35.8 Å². The number of aliphatic carboxylic acids is 1. The van der Waals surface area contributed by atoms with Gasteiger partial charge in [0.15, 0.2) is 0 Å². The molecule has 0 aromatic carbocycles. The Labute approximate surface area is 114 Å². The average Bonchev–Trinajstić information content (AvgIpc) is 2.77. The van der Waals surface area contributed by atoms with Crippen LogP contribution in [0.1, 0.15) is 11.8 Å². The van der Waals surface area contributed by atoms with E-state index in [1.807, 2.05) is 0 Å². The number of thiophene rings is 1. The van der Waals surface area contributed by atoms with E-state index in [9.17, 15) is 9.59 Å². The Balaban J connectivity index is 2.33. The van der Waals surface area contributed by atoms with Crippen LogP contribution >= 0.6 is 11.3 Å². The summed E-state index contributed by atoms with van der Waals surface area (Å²) >= 11 is 1.32. The molecule has 0 aliphatic rings. The summed E-state index contributed by atoms with van der Waals surface area (Å²) in [5, 5.41) is 10.5. The number of nitrogens with zero attached hydrogens (tertiary/aromatic N) is 2. The van der Waals surface area contributed by atoms with E-state index in [0.717, 1.165) is 0 Å². The summed E-state index contributed by atoms with van der Waals surface area (Å²) < 4.78 is 0. The number of amides is 1. The third-order valence-corrected chi connectivity index (χ3v) is 3.34. The molecule has 0 unspecified atom stereocenters. The van der Waals surface area contributed by atoms with Crippen LogP contribution in [0.5, 0.6) is 0 Å². The Kier molecular flexibility index (Phi) is 3.91. The number of aromatic nitrogens is 1. The molecule has 98 valence electrons. The van der Waals surface area contributed by atoms with Crippen molar-refractivity contribution in [2.24, 2.45) is 0 Å². The SMILES string of the molecule is CC(=O)N(c1csc(CC(=O)O)c1)c1ccccn1. The molecule has 0 spiro atoms. The normalized spacial score (nSPS) is 10.2. The third-order valence-electron chi connectivity index (χ3n) is 2.42. The maximum Gasteiger partial charge on any atom is 0.308 e. The Bertz CT molecular complexity index is 595. The first-order valence-electron chi connectivity index (χ1n) is 5.59. The maximum absolute atomic E-state index is 11.8. The van der Waals surface area contributed by atoms with Crippen molar-refractivity contribution < 1.29 is 14.7 Å². The fourth-order valence-corrected chi connectivity index (χ4v) is 2.53. The van der Waals surface area contributed by atoms with Gasteiger partial charge in [-0.25, -0.2) is 4.98 Å². The van der Waals surface area contributed by atoms with E-state index in [0.29, 0.717) is 16.4 Å².